The lowest BCUT2D eigenvalue weighted by molar-refractivity contribution is 0.142. The Kier molecular flexibility index (Phi) is 5.16. The zero-order chi connectivity index (χ0) is 16.9. The van der Waals surface area contributed by atoms with Gasteiger partial charge in [-0.25, -0.2) is 4.79 Å². The molecule has 4 heteroatoms. The topological polar surface area (TPSA) is 41.6 Å². The number of anilines is 1. The number of carbonyl (C=O) groups is 1. The number of nitrogens with one attached hydrogen (secondary N) is 1. The SMILES string of the molecule is Cc1cccc(-c2ccccc2NC(=O)OC[C@@H]2CCN(C)C2)c1. The molecule has 126 valence electrons. The maximum absolute atomic E-state index is 12.2. The second-order valence-electron chi connectivity index (χ2n) is 6.56. The average Bonchev–Trinajstić information content (AvgIpc) is 2.99. The van der Waals surface area contributed by atoms with Gasteiger partial charge in [-0.2, -0.15) is 0 Å². The van der Waals surface area contributed by atoms with E-state index >= 15 is 0 Å². The van der Waals surface area contributed by atoms with Crippen molar-refractivity contribution in [3.8, 4) is 11.1 Å². The van der Waals surface area contributed by atoms with Gasteiger partial charge in [0.25, 0.3) is 0 Å². The Morgan fingerprint density at radius 2 is 2.08 bits per heavy atom. The maximum atomic E-state index is 12.2. The van der Waals surface area contributed by atoms with Gasteiger partial charge >= 0.3 is 6.09 Å². The molecule has 0 saturated carbocycles. The Balaban J connectivity index is 1.65. The number of nitrogens with zero attached hydrogens (tertiary/aromatic N) is 1. The number of rotatable bonds is 4. The molecule has 2 aromatic carbocycles. The fourth-order valence-corrected chi connectivity index (χ4v) is 3.16. The first kappa shape index (κ1) is 16.5. The van der Waals surface area contributed by atoms with Crippen molar-refractivity contribution in [2.45, 2.75) is 13.3 Å². The van der Waals surface area contributed by atoms with Gasteiger partial charge in [0.2, 0.25) is 0 Å². The van der Waals surface area contributed by atoms with Gasteiger partial charge in [-0.15, -0.1) is 0 Å². The summed E-state index contributed by atoms with van der Waals surface area (Å²) < 4.78 is 5.42. The minimum absolute atomic E-state index is 0.385. The van der Waals surface area contributed by atoms with E-state index in [2.05, 4.69) is 36.3 Å². The van der Waals surface area contributed by atoms with E-state index in [4.69, 9.17) is 4.74 Å². The highest BCUT2D eigenvalue weighted by molar-refractivity contribution is 5.91. The first-order valence-electron chi connectivity index (χ1n) is 8.40. The number of carbonyl (C=O) groups excluding carboxylic acids is 1. The van der Waals surface area contributed by atoms with Gasteiger partial charge in [0.1, 0.15) is 0 Å². The van der Waals surface area contributed by atoms with Crippen LogP contribution in [0, 0.1) is 12.8 Å². The van der Waals surface area contributed by atoms with E-state index in [9.17, 15) is 4.79 Å². The summed E-state index contributed by atoms with van der Waals surface area (Å²) in [6, 6.07) is 16.1. The predicted molar refractivity (Wildman–Crippen MR) is 97.2 cm³/mol. The normalized spacial score (nSPS) is 17.7. The van der Waals surface area contributed by atoms with Crippen LogP contribution >= 0.6 is 0 Å². The van der Waals surface area contributed by atoms with Gasteiger partial charge in [0.15, 0.2) is 0 Å². The number of aryl methyl sites for hydroxylation is 1. The highest BCUT2D eigenvalue weighted by Crippen LogP contribution is 2.28. The Labute approximate surface area is 143 Å². The minimum Gasteiger partial charge on any atom is -0.449 e. The fourth-order valence-electron chi connectivity index (χ4n) is 3.16. The highest BCUT2D eigenvalue weighted by Gasteiger charge is 2.21. The fraction of sp³-hybridized carbons (Fsp3) is 0.350. The molecule has 0 radical (unpaired) electrons. The van der Waals surface area contributed by atoms with Crippen LogP contribution in [0.25, 0.3) is 11.1 Å². The molecule has 1 atom stereocenters. The first-order chi connectivity index (χ1) is 11.6. The molecule has 1 aliphatic rings. The average molecular weight is 324 g/mol. The predicted octanol–water partition coefficient (Wildman–Crippen LogP) is 4.16. The number of hydrogen-bond donors (Lipinski definition) is 1. The summed E-state index contributed by atoms with van der Waals surface area (Å²) >= 11 is 0. The van der Waals surface area contributed by atoms with Crippen LogP contribution in [0.2, 0.25) is 0 Å². The molecule has 0 spiro atoms. The minimum atomic E-state index is -0.385. The van der Waals surface area contributed by atoms with Crippen molar-refractivity contribution >= 4 is 11.8 Å². The van der Waals surface area contributed by atoms with Gasteiger partial charge in [0.05, 0.1) is 12.3 Å². The summed E-state index contributed by atoms with van der Waals surface area (Å²) in [4.78, 5) is 14.4. The summed E-state index contributed by atoms with van der Waals surface area (Å²) in [6.45, 7) is 4.61. The number of hydrogen-bond acceptors (Lipinski definition) is 3. The van der Waals surface area contributed by atoms with Crippen LogP contribution in [0.3, 0.4) is 0 Å². The maximum Gasteiger partial charge on any atom is 0.411 e. The molecule has 1 fully saturated rings. The van der Waals surface area contributed by atoms with E-state index < -0.39 is 0 Å². The molecular formula is C20H24N2O2. The van der Waals surface area contributed by atoms with Crippen molar-refractivity contribution in [1.82, 2.24) is 4.90 Å². The van der Waals surface area contributed by atoms with Crippen molar-refractivity contribution < 1.29 is 9.53 Å². The molecule has 3 rings (SSSR count). The lowest BCUT2D eigenvalue weighted by Crippen LogP contribution is -2.21. The number of para-hydroxylation sites is 1. The van der Waals surface area contributed by atoms with Crippen LogP contribution in [0.5, 0.6) is 0 Å². The molecule has 0 bridgehead atoms. The first-order valence-corrected chi connectivity index (χ1v) is 8.40. The second kappa shape index (κ2) is 7.49. The van der Waals surface area contributed by atoms with E-state index in [0.717, 1.165) is 36.3 Å². The highest BCUT2D eigenvalue weighted by atomic mass is 16.5. The number of ether oxygens (including phenoxy) is 1. The third-order valence-corrected chi connectivity index (χ3v) is 4.43. The van der Waals surface area contributed by atoms with E-state index in [1.165, 1.54) is 5.56 Å². The van der Waals surface area contributed by atoms with Crippen molar-refractivity contribution in [3.05, 3.63) is 54.1 Å². The van der Waals surface area contributed by atoms with E-state index in [1.54, 1.807) is 0 Å². The molecule has 2 aromatic rings. The zero-order valence-corrected chi connectivity index (χ0v) is 14.3. The summed E-state index contributed by atoms with van der Waals surface area (Å²) in [5, 5.41) is 2.89. The van der Waals surface area contributed by atoms with Crippen molar-refractivity contribution in [2.24, 2.45) is 5.92 Å². The van der Waals surface area contributed by atoms with Crippen molar-refractivity contribution in [1.29, 1.82) is 0 Å². The Morgan fingerprint density at radius 1 is 1.25 bits per heavy atom. The van der Waals surface area contributed by atoms with Gasteiger partial charge in [0, 0.05) is 18.0 Å². The molecule has 0 aromatic heterocycles. The van der Waals surface area contributed by atoms with Crippen molar-refractivity contribution in [3.63, 3.8) is 0 Å². The Bertz CT molecular complexity index is 714. The molecule has 1 aliphatic heterocycles. The summed E-state index contributed by atoms with van der Waals surface area (Å²) in [6.07, 6.45) is 0.702. The van der Waals surface area contributed by atoms with Gasteiger partial charge in [-0.1, -0.05) is 48.0 Å². The summed E-state index contributed by atoms with van der Waals surface area (Å²) in [5.74, 6) is 0.438. The lowest BCUT2D eigenvalue weighted by atomic mass is 10.0. The molecule has 4 nitrogen and oxygen atoms in total. The molecular weight excluding hydrogens is 300 g/mol. The Morgan fingerprint density at radius 3 is 2.83 bits per heavy atom. The quantitative estimate of drug-likeness (QED) is 0.918. The van der Waals surface area contributed by atoms with Crippen LogP contribution in [0.4, 0.5) is 10.5 Å². The van der Waals surface area contributed by atoms with Gasteiger partial charge in [-0.3, -0.25) is 5.32 Å². The summed E-state index contributed by atoms with van der Waals surface area (Å²) in [5.41, 5.74) is 4.05. The number of amides is 1. The van der Waals surface area contributed by atoms with Crippen LogP contribution in [0.1, 0.15) is 12.0 Å². The lowest BCUT2D eigenvalue weighted by Gasteiger charge is -2.14. The van der Waals surface area contributed by atoms with E-state index in [1.807, 2.05) is 36.4 Å². The van der Waals surface area contributed by atoms with Gasteiger partial charge < -0.3 is 9.64 Å². The molecule has 0 unspecified atom stereocenters. The molecule has 1 N–H and O–H groups in total. The number of likely N-dealkylation sites (tertiary alicyclic amines) is 1. The molecule has 0 aliphatic carbocycles. The number of benzene rings is 2. The molecule has 1 amide bonds. The van der Waals surface area contributed by atoms with E-state index in [-0.39, 0.29) is 6.09 Å². The van der Waals surface area contributed by atoms with Crippen LogP contribution in [-0.4, -0.2) is 37.7 Å². The molecule has 24 heavy (non-hydrogen) atoms. The van der Waals surface area contributed by atoms with Crippen LogP contribution in [0.15, 0.2) is 48.5 Å². The molecule has 1 heterocycles. The van der Waals surface area contributed by atoms with Gasteiger partial charge in [-0.05, 0) is 38.6 Å². The third kappa shape index (κ3) is 4.15. The van der Waals surface area contributed by atoms with Crippen molar-refractivity contribution in [2.75, 3.05) is 32.1 Å². The smallest absolute Gasteiger partial charge is 0.411 e. The van der Waals surface area contributed by atoms with Crippen LogP contribution in [-0.2, 0) is 4.74 Å². The van der Waals surface area contributed by atoms with Crippen LogP contribution < -0.4 is 5.32 Å². The van der Waals surface area contributed by atoms with E-state index in [0.29, 0.717) is 12.5 Å². The largest absolute Gasteiger partial charge is 0.449 e. The Hall–Kier alpha value is -2.33. The zero-order valence-electron chi connectivity index (χ0n) is 14.3. The standard InChI is InChI=1S/C20H24N2O2/c1-15-6-5-7-17(12-15)18-8-3-4-9-19(18)21-20(23)24-14-16-10-11-22(2)13-16/h3-9,12,16H,10-11,13-14H2,1-2H3,(H,21,23)/t16-/m1/s1. The summed E-state index contributed by atoms with van der Waals surface area (Å²) in [7, 11) is 2.10. The molecule has 1 saturated heterocycles. The second-order valence-corrected chi connectivity index (χ2v) is 6.56. The third-order valence-electron chi connectivity index (χ3n) is 4.43. The monoisotopic (exact) mass is 324 g/mol.